The van der Waals surface area contributed by atoms with E-state index < -0.39 is 0 Å². The highest BCUT2D eigenvalue weighted by Gasteiger charge is 2.13. The maximum Gasteiger partial charge on any atom is 0.184 e. The summed E-state index contributed by atoms with van der Waals surface area (Å²) in [5.74, 6) is 0. The van der Waals surface area contributed by atoms with Gasteiger partial charge in [-0.15, -0.1) is 11.3 Å². The SMILES string of the molecule is Cc1cc(C)c(-c2nc(Cl)sc2C)c(C)c1. The van der Waals surface area contributed by atoms with Crippen LogP contribution in [-0.4, -0.2) is 4.98 Å². The largest absolute Gasteiger partial charge is 0.225 e. The van der Waals surface area contributed by atoms with Crippen LogP contribution in [0, 0.1) is 27.7 Å². The minimum atomic E-state index is 0.617. The van der Waals surface area contributed by atoms with Gasteiger partial charge in [-0.3, -0.25) is 0 Å². The van der Waals surface area contributed by atoms with Gasteiger partial charge in [0, 0.05) is 10.4 Å². The number of rotatable bonds is 1. The van der Waals surface area contributed by atoms with Gasteiger partial charge >= 0.3 is 0 Å². The second kappa shape index (κ2) is 4.19. The molecule has 16 heavy (non-hydrogen) atoms. The third-order valence-corrected chi connectivity index (χ3v) is 3.76. The predicted molar refractivity (Wildman–Crippen MR) is 71.5 cm³/mol. The molecule has 84 valence electrons. The third-order valence-electron chi connectivity index (χ3n) is 2.68. The fourth-order valence-electron chi connectivity index (χ4n) is 2.15. The Morgan fingerprint density at radius 2 is 1.62 bits per heavy atom. The first-order valence-corrected chi connectivity index (χ1v) is 6.39. The van der Waals surface area contributed by atoms with Crippen LogP contribution in [0.4, 0.5) is 0 Å². The molecule has 0 bridgehead atoms. The van der Waals surface area contributed by atoms with Crippen LogP contribution in [0.1, 0.15) is 21.6 Å². The minimum Gasteiger partial charge on any atom is -0.225 e. The highest BCUT2D eigenvalue weighted by atomic mass is 35.5. The summed E-state index contributed by atoms with van der Waals surface area (Å²) in [6, 6.07) is 4.38. The van der Waals surface area contributed by atoms with E-state index in [1.807, 2.05) is 0 Å². The van der Waals surface area contributed by atoms with E-state index in [9.17, 15) is 0 Å². The summed E-state index contributed by atoms with van der Waals surface area (Å²) in [7, 11) is 0. The van der Waals surface area contributed by atoms with Crippen LogP contribution < -0.4 is 0 Å². The standard InChI is InChI=1S/C13H14ClNS/c1-7-5-8(2)11(9(3)6-7)12-10(4)16-13(14)15-12/h5-6H,1-4H3. The van der Waals surface area contributed by atoms with E-state index in [-0.39, 0.29) is 0 Å². The van der Waals surface area contributed by atoms with Crippen LogP contribution in [-0.2, 0) is 0 Å². The van der Waals surface area contributed by atoms with E-state index in [1.165, 1.54) is 38.5 Å². The van der Waals surface area contributed by atoms with Crippen molar-refractivity contribution in [1.82, 2.24) is 4.98 Å². The van der Waals surface area contributed by atoms with Crippen LogP contribution in [0.3, 0.4) is 0 Å². The number of thiazole rings is 1. The number of hydrogen-bond donors (Lipinski definition) is 0. The van der Waals surface area contributed by atoms with Crippen molar-refractivity contribution in [2.75, 3.05) is 0 Å². The first kappa shape index (κ1) is 11.6. The quantitative estimate of drug-likeness (QED) is 0.716. The molecule has 2 aromatic rings. The Morgan fingerprint density at radius 3 is 2.06 bits per heavy atom. The summed E-state index contributed by atoms with van der Waals surface area (Å²) in [5.41, 5.74) is 6.08. The van der Waals surface area contributed by atoms with Crippen LogP contribution >= 0.6 is 22.9 Å². The van der Waals surface area contributed by atoms with Gasteiger partial charge in [0.15, 0.2) is 4.47 Å². The van der Waals surface area contributed by atoms with Gasteiger partial charge in [-0.2, -0.15) is 0 Å². The second-order valence-electron chi connectivity index (χ2n) is 4.15. The summed E-state index contributed by atoms with van der Waals surface area (Å²) in [6.07, 6.45) is 0. The summed E-state index contributed by atoms with van der Waals surface area (Å²) >= 11 is 7.50. The van der Waals surface area contributed by atoms with Gasteiger partial charge in [-0.1, -0.05) is 29.3 Å². The Morgan fingerprint density at radius 1 is 1.06 bits per heavy atom. The molecule has 0 atom stereocenters. The molecule has 0 aliphatic heterocycles. The molecule has 1 nitrogen and oxygen atoms in total. The van der Waals surface area contributed by atoms with Crippen molar-refractivity contribution in [3.05, 3.63) is 38.2 Å². The Balaban J connectivity index is 2.69. The topological polar surface area (TPSA) is 12.9 Å². The Kier molecular flexibility index (Phi) is 3.04. The molecule has 1 aromatic heterocycles. The van der Waals surface area contributed by atoms with Crippen molar-refractivity contribution in [1.29, 1.82) is 0 Å². The smallest absolute Gasteiger partial charge is 0.184 e. The zero-order chi connectivity index (χ0) is 11.9. The molecule has 3 heteroatoms. The lowest BCUT2D eigenvalue weighted by Crippen LogP contribution is -1.91. The number of aryl methyl sites for hydroxylation is 4. The van der Waals surface area contributed by atoms with Crippen molar-refractivity contribution < 1.29 is 0 Å². The number of aromatic nitrogens is 1. The lowest BCUT2D eigenvalue weighted by atomic mass is 9.97. The van der Waals surface area contributed by atoms with Gasteiger partial charge in [0.05, 0.1) is 5.69 Å². The molecule has 1 aromatic carbocycles. The molecule has 0 N–H and O–H groups in total. The molecule has 0 saturated carbocycles. The lowest BCUT2D eigenvalue weighted by Gasteiger charge is -2.09. The third kappa shape index (κ3) is 2.00. The van der Waals surface area contributed by atoms with E-state index in [0.29, 0.717) is 4.47 Å². The molecule has 2 rings (SSSR count). The first-order chi connectivity index (χ1) is 7.49. The lowest BCUT2D eigenvalue weighted by molar-refractivity contribution is 1.28. The molecule has 0 amide bonds. The van der Waals surface area contributed by atoms with E-state index >= 15 is 0 Å². The van der Waals surface area contributed by atoms with Gasteiger partial charge in [0.1, 0.15) is 0 Å². The van der Waals surface area contributed by atoms with Crippen LogP contribution in [0.5, 0.6) is 0 Å². The van der Waals surface area contributed by atoms with E-state index in [0.717, 1.165) is 5.69 Å². The van der Waals surface area contributed by atoms with Crippen LogP contribution in [0.25, 0.3) is 11.3 Å². The van der Waals surface area contributed by atoms with Crippen LogP contribution in [0.2, 0.25) is 4.47 Å². The fourth-order valence-corrected chi connectivity index (χ4v) is 3.22. The fraction of sp³-hybridized carbons (Fsp3) is 0.308. The zero-order valence-electron chi connectivity index (χ0n) is 9.89. The second-order valence-corrected chi connectivity index (χ2v) is 5.93. The molecule has 0 radical (unpaired) electrons. The molecule has 0 spiro atoms. The monoisotopic (exact) mass is 251 g/mol. The normalized spacial score (nSPS) is 10.8. The summed E-state index contributed by atoms with van der Waals surface area (Å²) in [4.78, 5) is 5.60. The molecular formula is C13H14ClNS. The average Bonchev–Trinajstić information content (AvgIpc) is 2.43. The van der Waals surface area contributed by atoms with Gasteiger partial charge in [-0.05, 0) is 38.8 Å². The zero-order valence-corrected chi connectivity index (χ0v) is 11.5. The number of nitrogens with zero attached hydrogens (tertiary/aromatic N) is 1. The van der Waals surface area contributed by atoms with Gasteiger partial charge in [0.2, 0.25) is 0 Å². The summed E-state index contributed by atoms with van der Waals surface area (Å²) in [6.45, 7) is 8.44. The van der Waals surface area contributed by atoms with Crippen molar-refractivity contribution in [3.63, 3.8) is 0 Å². The Labute approximate surface area is 105 Å². The van der Waals surface area contributed by atoms with Crippen molar-refractivity contribution in [3.8, 4) is 11.3 Å². The maximum absolute atomic E-state index is 5.96. The first-order valence-electron chi connectivity index (χ1n) is 5.20. The van der Waals surface area contributed by atoms with Crippen molar-refractivity contribution in [2.45, 2.75) is 27.7 Å². The Hall–Kier alpha value is -0.860. The highest BCUT2D eigenvalue weighted by molar-refractivity contribution is 7.16. The molecule has 0 aliphatic carbocycles. The molecule has 0 aliphatic rings. The molecule has 0 saturated heterocycles. The number of benzene rings is 1. The van der Waals surface area contributed by atoms with Crippen molar-refractivity contribution in [2.24, 2.45) is 0 Å². The molecule has 0 unspecified atom stereocenters. The van der Waals surface area contributed by atoms with Gasteiger partial charge in [0.25, 0.3) is 0 Å². The molecular weight excluding hydrogens is 238 g/mol. The van der Waals surface area contributed by atoms with Gasteiger partial charge in [-0.25, -0.2) is 4.98 Å². The Bertz CT molecular complexity index is 520. The number of halogens is 1. The molecule has 1 heterocycles. The van der Waals surface area contributed by atoms with Crippen LogP contribution in [0.15, 0.2) is 12.1 Å². The average molecular weight is 252 g/mol. The summed E-state index contributed by atoms with van der Waals surface area (Å²) in [5, 5.41) is 0. The predicted octanol–water partition coefficient (Wildman–Crippen LogP) is 4.70. The van der Waals surface area contributed by atoms with Crippen molar-refractivity contribution >= 4 is 22.9 Å². The molecule has 0 fully saturated rings. The maximum atomic E-state index is 5.96. The summed E-state index contributed by atoms with van der Waals surface area (Å²) < 4.78 is 0.617. The highest BCUT2D eigenvalue weighted by Crippen LogP contribution is 2.34. The van der Waals surface area contributed by atoms with E-state index in [1.54, 1.807) is 0 Å². The van der Waals surface area contributed by atoms with Gasteiger partial charge < -0.3 is 0 Å². The van der Waals surface area contributed by atoms with E-state index in [4.69, 9.17) is 11.6 Å². The van der Waals surface area contributed by atoms with E-state index in [2.05, 4.69) is 44.8 Å². The number of hydrogen-bond acceptors (Lipinski definition) is 2. The minimum absolute atomic E-state index is 0.617.